The maximum absolute atomic E-state index is 15.0. The van der Waals surface area contributed by atoms with Gasteiger partial charge in [0.15, 0.2) is 0 Å². The number of hydrogen-bond acceptors (Lipinski definition) is 4. The third-order valence-electron chi connectivity index (χ3n) is 10.1. The second kappa shape index (κ2) is 12.5. The van der Waals surface area contributed by atoms with Crippen molar-refractivity contribution in [1.29, 1.82) is 0 Å². The molecule has 1 aliphatic heterocycles. The number of halogens is 2. The monoisotopic (exact) mass is 711 g/mol. The van der Waals surface area contributed by atoms with Crippen LogP contribution in [0.2, 0.25) is 10.0 Å². The van der Waals surface area contributed by atoms with Gasteiger partial charge in [-0.3, -0.25) is 9.48 Å². The van der Waals surface area contributed by atoms with Gasteiger partial charge in [0, 0.05) is 59.3 Å². The summed E-state index contributed by atoms with van der Waals surface area (Å²) in [6, 6.07) is 15.0. The van der Waals surface area contributed by atoms with Gasteiger partial charge < -0.3 is 23.9 Å². The summed E-state index contributed by atoms with van der Waals surface area (Å²) >= 11 is 13.5. The number of aromatic nitrogens is 4. The molecule has 258 valence electrons. The van der Waals surface area contributed by atoms with E-state index in [0.717, 1.165) is 66.3 Å². The maximum atomic E-state index is 15.0. The van der Waals surface area contributed by atoms with Crippen LogP contribution in [0.5, 0.6) is 5.75 Å². The number of ether oxygens (including phenoxy) is 1. The molecule has 11 heteroatoms. The topological polar surface area (TPSA) is 94.5 Å². The molecule has 0 fully saturated rings. The van der Waals surface area contributed by atoms with E-state index in [4.69, 9.17) is 33.0 Å². The minimum atomic E-state index is -1.02. The molecule has 0 saturated carbocycles. The Balaban J connectivity index is 1.38. The quantitative estimate of drug-likeness (QED) is 0.159. The highest BCUT2D eigenvalue weighted by molar-refractivity contribution is 6.35. The highest BCUT2D eigenvalue weighted by Gasteiger charge is 2.37. The zero-order chi connectivity index (χ0) is 35.8. The molecule has 0 bridgehead atoms. The first-order chi connectivity index (χ1) is 23.8. The largest absolute Gasteiger partial charge is 0.494 e. The minimum absolute atomic E-state index is 0.140. The van der Waals surface area contributed by atoms with Gasteiger partial charge in [0.25, 0.3) is 5.91 Å². The fourth-order valence-corrected chi connectivity index (χ4v) is 8.11. The number of carbonyl (C=O) groups is 2. The molecule has 9 nitrogen and oxygen atoms in total. The van der Waals surface area contributed by atoms with Crippen LogP contribution >= 0.6 is 23.2 Å². The van der Waals surface area contributed by atoms with Crippen molar-refractivity contribution in [3.8, 4) is 16.9 Å². The molecule has 7 rings (SSSR count). The van der Waals surface area contributed by atoms with Gasteiger partial charge in [0.2, 0.25) is 0 Å². The van der Waals surface area contributed by atoms with Crippen LogP contribution in [0.25, 0.3) is 32.9 Å². The molecule has 0 spiro atoms. The molecule has 6 aromatic rings. The number of amides is 1. The van der Waals surface area contributed by atoms with E-state index in [0.29, 0.717) is 47.9 Å². The molecular formula is C39H39Cl2N5O4. The van der Waals surface area contributed by atoms with Gasteiger partial charge in [0.05, 0.1) is 34.0 Å². The maximum Gasteiger partial charge on any atom is 0.352 e. The number of carboxylic acids is 1. The molecule has 1 aliphatic rings. The van der Waals surface area contributed by atoms with E-state index >= 15 is 0 Å². The lowest BCUT2D eigenvalue weighted by Crippen LogP contribution is -2.43. The van der Waals surface area contributed by atoms with Gasteiger partial charge in [-0.05, 0) is 94.5 Å². The van der Waals surface area contributed by atoms with Crippen LogP contribution in [0, 0.1) is 27.7 Å². The van der Waals surface area contributed by atoms with E-state index in [1.807, 2.05) is 81.9 Å². The average Bonchev–Trinajstić information content (AvgIpc) is 3.68. The first kappa shape index (κ1) is 33.8. The van der Waals surface area contributed by atoms with E-state index in [-0.39, 0.29) is 17.6 Å². The van der Waals surface area contributed by atoms with Crippen molar-refractivity contribution in [3.63, 3.8) is 0 Å². The van der Waals surface area contributed by atoms with Crippen molar-refractivity contribution in [2.24, 2.45) is 14.1 Å². The second-order valence-corrected chi connectivity index (χ2v) is 14.2. The Bertz CT molecular complexity index is 2360. The summed E-state index contributed by atoms with van der Waals surface area (Å²) in [7, 11) is 3.65. The number of rotatable bonds is 8. The predicted molar refractivity (Wildman–Crippen MR) is 200 cm³/mol. The summed E-state index contributed by atoms with van der Waals surface area (Å²) in [5.41, 5.74) is 9.57. The van der Waals surface area contributed by atoms with Crippen molar-refractivity contribution in [2.75, 3.05) is 18.1 Å². The SMILES string of the molecule is Cc1cc(OCCCc2c3n(c4c(-c5c(C)nn(C)c5C)c(Cl)ccc24)[C@H](C)CN(c2cccc4cc(C(=O)O)n(C)c24)C3=O)cc(C)c1Cl. The standard InChI is InChI=1S/C39H39Cl2N5O4/c1-20-16-26(17-21(2)34(20)41)50-15-9-11-27-28-13-14-29(40)33(32-23(4)42-44(7)24(32)5)36(28)46-22(3)19-45(38(47)37(27)46)30-12-8-10-25-18-31(39(48)49)43(6)35(25)30/h8,10,12-14,16-18,22H,9,11,15,19H2,1-7H3,(H,48,49)/t22-/m1/s1. The summed E-state index contributed by atoms with van der Waals surface area (Å²) in [5, 5.41) is 17.6. The van der Waals surface area contributed by atoms with Crippen molar-refractivity contribution in [1.82, 2.24) is 18.9 Å². The lowest BCUT2D eigenvalue weighted by atomic mass is 9.98. The van der Waals surface area contributed by atoms with Crippen molar-refractivity contribution in [2.45, 2.75) is 53.5 Å². The van der Waals surface area contributed by atoms with Gasteiger partial charge in [-0.1, -0.05) is 41.4 Å². The number of carboxylic acid groups (broad SMARTS) is 1. The fourth-order valence-electron chi connectivity index (χ4n) is 7.76. The van der Waals surface area contributed by atoms with Gasteiger partial charge >= 0.3 is 5.97 Å². The van der Waals surface area contributed by atoms with Gasteiger partial charge in [-0.15, -0.1) is 0 Å². The Kier molecular flexibility index (Phi) is 8.47. The van der Waals surface area contributed by atoms with Gasteiger partial charge in [0.1, 0.15) is 17.1 Å². The van der Waals surface area contributed by atoms with Gasteiger partial charge in [-0.25, -0.2) is 4.79 Å². The van der Waals surface area contributed by atoms with Crippen LogP contribution in [0.3, 0.4) is 0 Å². The molecule has 50 heavy (non-hydrogen) atoms. The number of aromatic carboxylic acids is 1. The number of hydrogen-bond donors (Lipinski definition) is 1. The van der Waals surface area contributed by atoms with Gasteiger partial charge in [-0.2, -0.15) is 5.10 Å². The molecule has 3 aromatic heterocycles. The average molecular weight is 713 g/mol. The van der Waals surface area contributed by atoms with E-state index in [1.54, 1.807) is 22.6 Å². The lowest BCUT2D eigenvalue weighted by molar-refractivity contribution is 0.0687. The Labute approximate surface area is 300 Å². The first-order valence-corrected chi connectivity index (χ1v) is 17.4. The number of aryl methyl sites for hydroxylation is 6. The third kappa shape index (κ3) is 5.26. The van der Waals surface area contributed by atoms with Crippen molar-refractivity contribution in [3.05, 3.63) is 98.0 Å². The van der Waals surface area contributed by atoms with Crippen LogP contribution in [0.15, 0.2) is 48.5 Å². The van der Waals surface area contributed by atoms with Crippen LogP contribution in [-0.2, 0) is 20.5 Å². The highest BCUT2D eigenvalue weighted by atomic mass is 35.5. The van der Waals surface area contributed by atoms with E-state index in [9.17, 15) is 14.7 Å². The summed E-state index contributed by atoms with van der Waals surface area (Å²) < 4.78 is 11.9. The Morgan fingerprint density at radius 2 is 1.72 bits per heavy atom. The van der Waals surface area contributed by atoms with Crippen LogP contribution < -0.4 is 9.64 Å². The van der Waals surface area contributed by atoms with E-state index in [2.05, 4.69) is 11.5 Å². The molecule has 0 unspecified atom stereocenters. The Morgan fingerprint density at radius 3 is 2.38 bits per heavy atom. The lowest BCUT2D eigenvalue weighted by Gasteiger charge is -2.35. The molecule has 0 aliphatic carbocycles. The number of para-hydroxylation sites is 1. The molecular weight excluding hydrogens is 673 g/mol. The minimum Gasteiger partial charge on any atom is -0.494 e. The van der Waals surface area contributed by atoms with Crippen LogP contribution in [0.4, 0.5) is 5.69 Å². The molecule has 0 radical (unpaired) electrons. The smallest absolute Gasteiger partial charge is 0.352 e. The molecule has 0 saturated heterocycles. The van der Waals surface area contributed by atoms with Crippen LogP contribution in [-0.4, -0.2) is 49.0 Å². The zero-order valence-electron chi connectivity index (χ0n) is 29.2. The van der Waals surface area contributed by atoms with Crippen LogP contribution in [0.1, 0.15) is 68.4 Å². The number of benzene rings is 3. The Hall–Kier alpha value is -4.73. The first-order valence-electron chi connectivity index (χ1n) is 16.7. The van der Waals surface area contributed by atoms with Crippen molar-refractivity contribution < 1.29 is 19.4 Å². The van der Waals surface area contributed by atoms with Crippen molar-refractivity contribution >= 4 is 62.6 Å². The molecule has 1 atom stereocenters. The summed E-state index contributed by atoms with van der Waals surface area (Å²) in [5.74, 6) is -0.407. The molecule has 3 aromatic carbocycles. The number of fused-ring (bicyclic) bond motifs is 4. The molecule has 1 amide bonds. The number of carbonyl (C=O) groups excluding carboxylic acids is 1. The number of nitrogens with zero attached hydrogens (tertiary/aromatic N) is 5. The fraction of sp³-hybridized carbons (Fsp3) is 0.308. The molecule has 1 N–H and O–H groups in total. The summed E-state index contributed by atoms with van der Waals surface area (Å²) in [4.78, 5) is 28.8. The second-order valence-electron chi connectivity index (χ2n) is 13.4. The van der Waals surface area contributed by atoms with E-state index in [1.165, 1.54) is 0 Å². The Morgan fingerprint density at radius 1 is 1.00 bits per heavy atom. The molecule has 4 heterocycles. The van der Waals surface area contributed by atoms with E-state index < -0.39 is 5.97 Å². The number of anilines is 1. The third-order valence-corrected chi connectivity index (χ3v) is 11.0. The zero-order valence-corrected chi connectivity index (χ0v) is 30.7. The summed E-state index contributed by atoms with van der Waals surface area (Å²) in [6.45, 7) is 10.9. The predicted octanol–water partition coefficient (Wildman–Crippen LogP) is 9.01. The normalized spacial score (nSPS) is 14.6. The highest BCUT2D eigenvalue weighted by Crippen LogP contribution is 2.45. The summed E-state index contributed by atoms with van der Waals surface area (Å²) in [6.07, 6.45) is 1.24.